The van der Waals surface area contributed by atoms with Gasteiger partial charge in [-0.1, -0.05) is 44.2 Å². The lowest BCUT2D eigenvalue weighted by Crippen LogP contribution is -2.50. The smallest absolute Gasteiger partial charge is 0.327 e. The molecule has 23 heavy (non-hydrogen) atoms. The molecule has 0 aliphatic rings. The van der Waals surface area contributed by atoms with Crippen LogP contribution in [0.1, 0.15) is 26.7 Å². The van der Waals surface area contributed by atoms with Crippen molar-refractivity contribution in [3.8, 4) is 0 Å². The zero-order valence-electron chi connectivity index (χ0n) is 13.2. The van der Waals surface area contributed by atoms with E-state index in [-0.39, 0.29) is 12.8 Å². The van der Waals surface area contributed by atoms with Gasteiger partial charge in [-0.15, -0.1) is 0 Å². The molecule has 0 spiro atoms. The van der Waals surface area contributed by atoms with E-state index in [4.69, 9.17) is 0 Å². The monoisotopic (exact) mass is 315 g/mol. The van der Waals surface area contributed by atoms with Crippen molar-refractivity contribution in [2.24, 2.45) is 5.41 Å². The molecule has 0 aliphatic heterocycles. The number of carboxylic acids is 2. The van der Waals surface area contributed by atoms with Crippen molar-refractivity contribution in [1.82, 2.24) is 0 Å². The first-order valence-electron chi connectivity index (χ1n) is 7.66. The Kier molecular flexibility index (Phi) is 4.89. The fourth-order valence-electron chi connectivity index (χ4n) is 2.97. The third kappa shape index (κ3) is 3.13. The summed E-state index contributed by atoms with van der Waals surface area (Å²) in [6.45, 7) is 3.41. The van der Waals surface area contributed by atoms with Crippen LogP contribution >= 0.6 is 0 Å². The number of aliphatic carboxylic acids is 2. The summed E-state index contributed by atoms with van der Waals surface area (Å²) in [4.78, 5) is 23.4. The highest BCUT2D eigenvalue weighted by Gasteiger charge is 2.47. The van der Waals surface area contributed by atoms with Crippen LogP contribution in [0.3, 0.4) is 0 Å². The summed E-state index contributed by atoms with van der Waals surface area (Å²) in [5.74, 6) is -2.26. The minimum atomic E-state index is -1.35. The first-order chi connectivity index (χ1) is 10.9. The largest absolute Gasteiger partial charge is 0.481 e. The van der Waals surface area contributed by atoms with E-state index in [1.807, 2.05) is 36.4 Å². The van der Waals surface area contributed by atoms with Crippen LogP contribution in [0.4, 0.5) is 5.69 Å². The molecule has 0 saturated heterocycles. The second-order valence-corrected chi connectivity index (χ2v) is 5.65. The van der Waals surface area contributed by atoms with Gasteiger partial charge in [-0.25, -0.2) is 4.79 Å². The fraction of sp³-hybridized carbons (Fsp3) is 0.333. The van der Waals surface area contributed by atoms with E-state index in [1.54, 1.807) is 19.9 Å². The van der Waals surface area contributed by atoms with E-state index < -0.39 is 23.4 Å². The summed E-state index contributed by atoms with van der Waals surface area (Å²) < 4.78 is 0. The van der Waals surface area contributed by atoms with Crippen LogP contribution in [0.5, 0.6) is 0 Å². The van der Waals surface area contributed by atoms with Crippen molar-refractivity contribution in [3.63, 3.8) is 0 Å². The lowest BCUT2D eigenvalue weighted by atomic mass is 9.75. The van der Waals surface area contributed by atoms with Crippen LogP contribution in [-0.4, -0.2) is 28.2 Å². The molecule has 5 heteroatoms. The van der Waals surface area contributed by atoms with Gasteiger partial charge in [0.15, 0.2) is 0 Å². The molecule has 0 aliphatic carbocycles. The van der Waals surface area contributed by atoms with Crippen molar-refractivity contribution < 1.29 is 19.8 Å². The van der Waals surface area contributed by atoms with Crippen molar-refractivity contribution in [2.45, 2.75) is 32.7 Å². The maximum atomic E-state index is 11.7. The van der Waals surface area contributed by atoms with Crippen molar-refractivity contribution in [3.05, 3.63) is 42.5 Å². The Morgan fingerprint density at radius 2 is 1.65 bits per heavy atom. The Morgan fingerprint density at radius 1 is 1.04 bits per heavy atom. The molecule has 0 aromatic heterocycles. The molecule has 1 unspecified atom stereocenters. The second-order valence-electron chi connectivity index (χ2n) is 5.65. The van der Waals surface area contributed by atoms with Gasteiger partial charge < -0.3 is 15.5 Å². The van der Waals surface area contributed by atoms with Gasteiger partial charge in [-0.3, -0.25) is 4.79 Å². The number of hydrogen-bond acceptors (Lipinski definition) is 3. The Morgan fingerprint density at radius 3 is 2.17 bits per heavy atom. The maximum absolute atomic E-state index is 11.7. The zero-order chi connectivity index (χ0) is 17.0. The van der Waals surface area contributed by atoms with Crippen LogP contribution in [0, 0.1) is 5.41 Å². The number of fused-ring (bicyclic) bond motifs is 1. The number of carbonyl (C=O) groups is 2. The molecule has 0 heterocycles. The predicted octanol–water partition coefficient (Wildman–Crippen LogP) is 3.60. The minimum absolute atomic E-state index is 0.233. The molecule has 122 valence electrons. The quantitative estimate of drug-likeness (QED) is 0.727. The zero-order valence-corrected chi connectivity index (χ0v) is 13.2. The van der Waals surface area contributed by atoms with Crippen LogP contribution < -0.4 is 5.32 Å². The molecule has 0 saturated carbocycles. The van der Waals surface area contributed by atoms with E-state index >= 15 is 0 Å². The Bertz CT molecular complexity index is 722. The number of rotatable bonds is 7. The van der Waals surface area contributed by atoms with Gasteiger partial charge in [0.2, 0.25) is 0 Å². The molecule has 3 N–H and O–H groups in total. The highest BCUT2D eigenvalue weighted by Crippen LogP contribution is 2.34. The fourth-order valence-corrected chi connectivity index (χ4v) is 2.97. The third-order valence-corrected chi connectivity index (χ3v) is 4.55. The van der Waals surface area contributed by atoms with E-state index in [0.29, 0.717) is 5.69 Å². The van der Waals surface area contributed by atoms with Gasteiger partial charge in [0.1, 0.15) is 6.04 Å². The predicted molar refractivity (Wildman–Crippen MR) is 89.6 cm³/mol. The Hall–Kier alpha value is -2.56. The molecule has 5 nitrogen and oxygen atoms in total. The Labute approximate surface area is 134 Å². The summed E-state index contributed by atoms with van der Waals surface area (Å²) in [5, 5.41) is 24.1. The lowest BCUT2D eigenvalue weighted by molar-refractivity contribution is -0.157. The average Bonchev–Trinajstić information content (AvgIpc) is 2.54. The topological polar surface area (TPSA) is 86.6 Å². The van der Waals surface area contributed by atoms with Crippen LogP contribution in [0.25, 0.3) is 10.8 Å². The van der Waals surface area contributed by atoms with E-state index in [0.717, 1.165) is 10.8 Å². The number of benzene rings is 2. The highest BCUT2D eigenvalue weighted by atomic mass is 16.4. The highest BCUT2D eigenvalue weighted by molar-refractivity contribution is 5.90. The molecule has 2 aromatic rings. The SMILES string of the molecule is CCC(CC)(C(=O)O)C(Nc1ccc2ccccc2c1)C(=O)O. The summed E-state index contributed by atoms with van der Waals surface area (Å²) in [5.41, 5.74) is -0.749. The summed E-state index contributed by atoms with van der Waals surface area (Å²) in [6, 6.07) is 12.0. The number of nitrogens with one attached hydrogen (secondary N) is 1. The molecular formula is C18H21NO4. The number of carboxylic acid groups (broad SMARTS) is 2. The normalized spacial score (nSPS) is 12.8. The summed E-state index contributed by atoms with van der Waals surface area (Å²) >= 11 is 0. The molecular weight excluding hydrogens is 294 g/mol. The van der Waals surface area contributed by atoms with Crippen molar-refractivity contribution >= 4 is 28.4 Å². The second kappa shape index (κ2) is 6.69. The molecule has 0 amide bonds. The van der Waals surface area contributed by atoms with Gasteiger partial charge in [0.25, 0.3) is 0 Å². The van der Waals surface area contributed by atoms with E-state index in [2.05, 4.69) is 5.32 Å². The van der Waals surface area contributed by atoms with Crippen molar-refractivity contribution in [2.75, 3.05) is 5.32 Å². The van der Waals surface area contributed by atoms with Crippen LogP contribution in [0.15, 0.2) is 42.5 Å². The number of anilines is 1. The van der Waals surface area contributed by atoms with Crippen LogP contribution in [0.2, 0.25) is 0 Å². The van der Waals surface area contributed by atoms with Gasteiger partial charge in [-0.2, -0.15) is 0 Å². The first kappa shape index (κ1) is 16.8. The molecule has 1 atom stereocenters. The van der Waals surface area contributed by atoms with E-state index in [9.17, 15) is 19.8 Å². The van der Waals surface area contributed by atoms with Gasteiger partial charge in [0, 0.05) is 5.69 Å². The standard InChI is InChI=1S/C18H21NO4/c1-3-18(4-2,17(22)23)15(16(20)21)19-14-10-9-12-7-5-6-8-13(12)11-14/h5-11,15,19H,3-4H2,1-2H3,(H,20,21)(H,22,23). The summed E-state index contributed by atoms with van der Waals surface area (Å²) in [7, 11) is 0. The average molecular weight is 315 g/mol. The molecule has 2 rings (SSSR count). The molecule has 0 radical (unpaired) electrons. The van der Waals surface area contributed by atoms with Gasteiger partial charge in [0.05, 0.1) is 5.41 Å². The maximum Gasteiger partial charge on any atom is 0.327 e. The van der Waals surface area contributed by atoms with Crippen LogP contribution in [-0.2, 0) is 9.59 Å². The van der Waals surface area contributed by atoms with Gasteiger partial charge >= 0.3 is 11.9 Å². The van der Waals surface area contributed by atoms with E-state index in [1.165, 1.54) is 0 Å². The lowest BCUT2D eigenvalue weighted by Gasteiger charge is -2.34. The summed E-state index contributed by atoms with van der Waals surface area (Å²) in [6.07, 6.45) is 0.465. The molecule has 2 aromatic carbocycles. The number of hydrogen-bond donors (Lipinski definition) is 3. The molecule has 0 bridgehead atoms. The molecule has 0 fully saturated rings. The minimum Gasteiger partial charge on any atom is -0.481 e. The third-order valence-electron chi connectivity index (χ3n) is 4.55. The van der Waals surface area contributed by atoms with Crippen molar-refractivity contribution in [1.29, 1.82) is 0 Å². The Balaban J connectivity index is 2.41. The van der Waals surface area contributed by atoms with Gasteiger partial charge in [-0.05, 0) is 35.7 Å². The first-order valence-corrected chi connectivity index (χ1v) is 7.66.